The Balaban J connectivity index is 3.02. The minimum Gasteiger partial charge on any atom is -0.394 e. The molecule has 1 aromatic carbocycles. The molecule has 0 aromatic heterocycles. The third-order valence-electron chi connectivity index (χ3n) is 1.97. The Kier molecular flexibility index (Phi) is 3.90. The third kappa shape index (κ3) is 2.82. The molecule has 0 bridgehead atoms. The summed E-state index contributed by atoms with van der Waals surface area (Å²) in [6.07, 6.45) is -2.37. The van der Waals surface area contributed by atoms with Crippen molar-refractivity contribution in [1.29, 1.82) is 0 Å². The van der Waals surface area contributed by atoms with Crippen molar-refractivity contribution in [2.24, 2.45) is 0 Å². The van der Waals surface area contributed by atoms with E-state index in [1.54, 1.807) is 0 Å². The summed E-state index contributed by atoms with van der Waals surface area (Å²) in [4.78, 5) is 10.4. The second-order valence-corrected chi connectivity index (χ2v) is 3.13. The quantitative estimate of drug-likeness (QED) is 0.618. The van der Waals surface area contributed by atoms with Crippen LogP contribution in [0.1, 0.15) is 22.0 Å². The van der Waals surface area contributed by atoms with Gasteiger partial charge in [0.15, 0.2) is 0 Å². The number of carbonyl (C=O) groups is 1. The summed E-state index contributed by atoms with van der Waals surface area (Å²) in [5, 5.41) is 27.2. The lowest BCUT2D eigenvalue weighted by Gasteiger charge is -2.16. The fraction of sp³-hybridized carbons (Fsp3) is 0.300. The number of hydrogen-bond donors (Lipinski definition) is 3. The van der Waals surface area contributed by atoms with Gasteiger partial charge in [0.25, 0.3) is 0 Å². The highest BCUT2D eigenvalue weighted by Crippen LogP contribution is 2.19. The number of halogens is 1. The van der Waals surface area contributed by atoms with Crippen LogP contribution in [-0.4, -0.2) is 34.3 Å². The zero-order chi connectivity index (χ0) is 11.4. The van der Waals surface area contributed by atoms with Gasteiger partial charge in [-0.25, -0.2) is 4.39 Å². The summed E-state index contributed by atoms with van der Waals surface area (Å²) < 4.78 is 12.9. The van der Waals surface area contributed by atoms with Crippen LogP contribution in [0.3, 0.4) is 0 Å². The third-order valence-corrected chi connectivity index (χ3v) is 1.97. The maximum atomic E-state index is 12.9. The van der Waals surface area contributed by atoms with Crippen molar-refractivity contribution in [1.82, 2.24) is 0 Å². The second kappa shape index (κ2) is 4.97. The highest BCUT2D eigenvalue weighted by atomic mass is 19.1. The Morgan fingerprint density at radius 2 is 2.00 bits per heavy atom. The Morgan fingerprint density at radius 1 is 1.33 bits per heavy atom. The molecule has 1 rings (SSSR count). The van der Waals surface area contributed by atoms with Crippen LogP contribution in [0.25, 0.3) is 0 Å². The van der Waals surface area contributed by atoms with Crippen LogP contribution in [0, 0.1) is 5.82 Å². The number of aliphatic hydroxyl groups is 3. The van der Waals surface area contributed by atoms with Gasteiger partial charge in [-0.2, -0.15) is 0 Å². The van der Waals surface area contributed by atoms with E-state index in [4.69, 9.17) is 10.2 Å². The predicted molar refractivity (Wildman–Crippen MR) is 49.8 cm³/mol. The fourth-order valence-corrected chi connectivity index (χ4v) is 1.20. The Hall–Kier alpha value is -1.30. The maximum absolute atomic E-state index is 12.9. The van der Waals surface area contributed by atoms with Crippen molar-refractivity contribution >= 4 is 6.29 Å². The number of aldehydes is 1. The molecule has 5 heteroatoms. The number of rotatable bonds is 4. The first-order chi connectivity index (χ1) is 7.08. The van der Waals surface area contributed by atoms with Crippen LogP contribution in [0.15, 0.2) is 18.2 Å². The van der Waals surface area contributed by atoms with Gasteiger partial charge in [0, 0.05) is 5.56 Å². The Morgan fingerprint density at radius 3 is 2.53 bits per heavy atom. The summed E-state index contributed by atoms with van der Waals surface area (Å²) >= 11 is 0. The number of benzene rings is 1. The van der Waals surface area contributed by atoms with E-state index < -0.39 is 24.6 Å². The molecular formula is C10H11FO4. The van der Waals surface area contributed by atoms with E-state index in [0.29, 0.717) is 6.29 Å². The van der Waals surface area contributed by atoms with Gasteiger partial charge in [-0.1, -0.05) is 0 Å². The van der Waals surface area contributed by atoms with Crippen molar-refractivity contribution in [2.45, 2.75) is 12.2 Å². The fourth-order valence-electron chi connectivity index (χ4n) is 1.20. The van der Waals surface area contributed by atoms with Crippen LogP contribution in [0.4, 0.5) is 4.39 Å². The first-order valence-electron chi connectivity index (χ1n) is 4.31. The molecule has 0 aliphatic heterocycles. The summed E-state index contributed by atoms with van der Waals surface area (Å²) in [7, 11) is 0. The van der Waals surface area contributed by atoms with Gasteiger partial charge in [0.05, 0.1) is 6.61 Å². The first-order valence-corrected chi connectivity index (χ1v) is 4.31. The van der Waals surface area contributed by atoms with Gasteiger partial charge in [-0.15, -0.1) is 0 Å². The lowest BCUT2D eigenvalue weighted by atomic mass is 10.0. The summed E-state index contributed by atoms with van der Waals surface area (Å²) in [6, 6.07) is 3.25. The minimum atomic E-state index is -1.41. The van der Waals surface area contributed by atoms with Crippen molar-refractivity contribution in [2.75, 3.05) is 6.61 Å². The summed E-state index contributed by atoms with van der Waals surface area (Å²) in [6.45, 7) is -0.645. The van der Waals surface area contributed by atoms with E-state index >= 15 is 0 Å². The smallest absolute Gasteiger partial charge is 0.150 e. The van der Waals surface area contributed by atoms with Gasteiger partial charge in [0.1, 0.15) is 24.3 Å². The van der Waals surface area contributed by atoms with Crippen LogP contribution in [-0.2, 0) is 0 Å². The molecule has 82 valence electrons. The van der Waals surface area contributed by atoms with E-state index in [9.17, 15) is 14.3 Å². The van der Waals surface area contributed by atoms with Crippen LogP contribution in [0.2, 0.25) is 0 Å². The maximum Gasteiger partial charge on any atom is 0.150 e. The van der Waals surface area contributed by atoms with Crippen molar-refractivity contribution in [3.63, 3.8) is 0 Å². The molecule has 0 spiro atoms. The molecule has 1 aromatic rings. The zero-order valence-corrected chi connectivity index (χ0v) is 7.80. The van der Waals surface area contributed by atoms with Gasteiger partial charge in [0.2, 0.25) is 0 Å². The SMILES string of the molecule is O=Cc1cc(F)cc(C(O)C(O)CO)c1. The van der Waals surface area contributed by atoms with Gasteiger partial charge < -0.3 is 15.3 Å². The molecule has 3 N–H and O–H groups in total. The Bertz CT molecular complexity index is 353. The summed E-state index contributed by atoms with van der Waals surface area (Å²) in [5.41, 5.74) is 0.118. The highest BCUT2D eigenvalue weighted by Gasteiger charge is 2.18. The molecular weight excluding hydrogens is 203 g/mol. The number of carbonyl (C=O) groups excluding carboxylic acids is 1. The monoisotopic (exact) mass is 214 g/mol. The standard InChI is InChI=1S/C10H11FO4/c11-8-2-6(4-12)1-7(3-8)10(15)9(14)5-13/h1-4,9-10,13-15H,5H2. The van der Waals surface area contributed by atoms with E-state index in [2.05, 4.69) is 0 Å². The molecule has 4 nitrogen and oxygen atoms in total. The molecule has 0 saturated heterocycles. The van der Waals surface area contributed by atoms with Crippen molar-refractivity contribution < 1.29 is 24.5 Å². The van der Waals surface area contributed by atoms with Crippen LogP contribution >= 0.6 is 0 Å². The molecule has 0 aliphatic rings. The average Bonchev–Trinajstić information content (AvgIpc) is 2.26. The van der Waals surface area contributed by atoms with Gasteiger partial charge in [-0.3, -0.25) is 4.79 Å². The lowest BCUT2D eigenvalue weighted by Crippen LogP contribution is -2.22. The average molecular weight is 214 g/mol. The first kappa shape index (κ1) is 11.8. The van der Waals surface area contributed by atoms with E-state index in [0.717, 1.165) is 12.1 Å². The number of hydrogen-bond acceptors (Lipinski definition) is 4. The molecule has 2 atom stereocenters. The molecule has 0 radical (unpaired) electrons. The molecule has 15 heavy (non-hydrogen) atoms. The number of aliphatic hydroxyl groups excluding tert-OH is 3. The minimum absolute atomic E-state index is 0.0543. The largest absolute Gasteiger partial charge is 0.394 e. The second-order valence-electron chi connectivity index (χ2n) is 3.13. The van der Waals surface area contributed by atoms with E-state index in [1.807, 2.05) is 0 Å². The van der Waals surface area contributed by atoms with Crippen molar-refractivity contribution in [3.8, 4) is 0 Å². The molecule has 2 unspecified atom stereocenters. The highest BCUT2D eigenvalue weighted by molar-refractivity contribution is 5.75. The van der Waals surface area contributed by atoms with Gasteiger partial charge >= 0.3 is 0 Å². The Labute approximate surface area is 85.6 Å². The molecule has 0 saturated carbocycles. The summed E-state index contributed by atoms with van der Waals surface area (Å²) in [5.74, 6) is -0.682. The molecule has 0 aliphatic carbocycles. The zero-order valence-electron chi connectivity index (χ0n) is 7.80. The van der Waals surface area contributed by atoms with E-state index in [-0.39, 0.29) is 11.1 Å². The normalized spacial score (nSPS) is 14.7. The van der Waals surface area contributed by atoms with Crippen LogP contribution < -0.4 is 0 Å². The molecule has 0 amide bonds. The van der Waals surface area contributed by atoms with E-state index in [1.165, 1.54) is 6.07 Å². The van der Waals surface area contributed by atoms with Crippen molar-refractivity contribution in [3.05, 3.63) is 35.1 Å². The van der Waals surface area contributed by atoms with Gasteiger partial charge in [-0.05, 0) is 23.8 Å². The molecule has 0 fully saturated rings. The predicted octanol–water partition coefficient (Wildman–Crippen LogP) is 0.0248. The molecule has 0 heterocycles. The lowest BCUT2D eigenvalue weighted by molar-refractivity contribution is -0.0153. The topological polar surface area (TPSA) is 77.8 Å². The van der Waals surface area contributed by atoms with Crippen LogP contribution in [0.5, 0.6) is 0 Å².